The number of hydrogen-bond acceptors (Lipinski definition) is 6. The van der Waals surface area contributed by atoms with Gasteiger partial charge in [-0.3, -0.25) is 4.55 Å². The van der Waals surface area contributed by atoms with E-state index in [1.165, 1.54) is 19.1 Å². The van der Waals surface area contributed by atoms with Crippen LogP contribution in [-0.4, -0.2) is 36.2 Å². The molecular weight excluding hydrogens is 284 g/mol. The zero-order chi connectivity index (χ0) is 13.3. The summed E-state index contributed by atoms with van der Waals surface area (Å²) < 4.78 is 30.3. The second kappa shape index (κ2) is 5.06. The summed E-state index contributed by atoms with van der Waals surface area (Å²) in [4.78, 5) is 27.7. The van der Waals surface area contributed by atoms with Gasteiger partial charge in [-0.1, -0.05) is 25.1 Å². The Hall–Kier alpha value is -0.423. The van der Waals surface area contributed by atoms with Crippen LogP contribution in [0.1, 0.15) is 18.0 Å². The molecule has 0 aliphatic carbocycles. The minimum absolute atomic E-state index is 0.150. The Balaban J connectivity index is 3.17. The molecule has 0 bridgehead atoms. The van der Waals surface area contributed by atoms with Crippen molar-refractivity contribution in [3.63, 3.8) is 0 Å². The van der Waals surface area contributed by atoms with Crippen LogP contribution in [0.2, 0.25) is 0 Å². The van der Waals surface area contributed by atoms with Crippen molar-refractivity contribution in [2.45, 2.75) is 17.4 Å². The van der Waals surface area contributed by atoms with Crippen LogP contribution in [0.3, 0.4) is 0 Å². The van der Waals surface area contributed by atoms with E-state index in [0.29, 0.717) is 0 Å². The molecule has 4 N–H and O–H groups in total. The van der Waals surface area contributed by atoms with Gasteiger partial charge in [-0.2, -0.15) is 8.42 Å². The lowest BCUT2D eigenvalue weighted by molar-refractivity contribution is 0.214. The lowest BCUT2D eigenvalue weighted by Gasteiger charge is -2.20. The normalized spacial score (nSPS) is 14.6. The average Bonchev–Trinajstić information content (AvgIpc) is 2.13. The Kier molecular flexibility index (Phi) is 4.36. The van der Waals surface area contributed by atoms with Gasteiger partial charge in [-0.05, 0) is 11.6 Å². The lowest BCUT2D eigenvalue weighted by atomic mass is 10.2. The zero-order valence-corrected chi connectivity index (χ0v) is 11.4. The van der Waals surface area contributed by atoms with Crippen molar-refractivity contribution in [2.24, 2.45) is 0 Å². The van der Waals surface area contributed by atoms with Crippen molar-refractivity contribution in [1.82, 2.24) is 0 Å². The lowest BCUT2D eigenvalue weighted by Crippen LogP contribution is -2.41. The molecule has 1 unspecified atom stereocenters. The van der Waals surface area contributed by atoms with Crippen molar-refractivity contribution in [3.05, 3.63) is 29.8 Å². The molecule has 17 heavy (non-hydrogen) atoms. The van der Waals surface area contributed by atoms with Crippen LogP contribution in [0.4, 0.5) is 0 Å². The van der Waals surface area contributed by atoms with Crippen molar-refractivity contribution in [2.75, 3.05) is 0 Å². The topological polar surface area (TPSA) is 115 Å². The fraction of sp³-hybridized carbons (Fsp3) is 0.250. The van der Waals surface area contributed by atoms with Gasteiger partial charge in [0.25, 0.3) is 0 Å². The molecule has 0 heterocycles. The minimum Gasteiger partial charge on any atom is -0.390 e. The summed E-state index contributed by atoms with van der Waals surface area (Å²) in [6.45, 7) is 1.37. The van der Waals surface area contributed by atoms with E-state index in [1.54, 1.807) is 12.1 Å². The zero-order valence-electron chi connectivity index (χ0n) is 8.81. The molecule has 0 radical (unpaired) electrons. The molecule has 9 heteroatoms. The number of rotatable bonds is 4. The highest BCUT2D eigenvalue weighted by atomic mass is 33.1. The molecule has 1 atom stereocenters. The van der Waals surface area contributed by atoms with Crippen LogP contribution < -0.4 is 0 Å². The molecule has 0 aliphatic heterocycles. The van der Waals surface area contributed by atoms with Crippen LogP contribution in [-0.2, 0) is 9.15 Å². The highest BCUT2D eigenvalue weighted by molar-refractivity contribution is 8.69. The van der Waals surface area contributed by atoms with Gasteiger partial charge in [0.2, 0.25) is 0 Å². The smallest absolute Gasteiger partial charge is 0.390 e. The predicted octanol–water partition coefficient (Wildman–Crippen LogP) is 0.140. The molecule has 0 saturated heterocycles. The summed E-state index contributed by atoms with van der Waals surface area (Å²) in [7, 11) is -8.50. The van der Waals surface area contributed by atoms with Gasteiger partial charge < -0.3 is 14.4 Å². The molecule has 1 aromatic rings. The van der Waals surface area contributed by atoms with Gasteiger partial charge in [0.15, 0.2) is 0 Å². The van der Waals surface area contributed by atoms with Crippen molar-refractivity contribution in [1.29, 1.82) is 0 Å². The SMILES string of the molecule is CC(c1ccccc1SS(=O)(=O)O)[Si](O)(O)O. The Morgan fingerprint density at radius 1 is 1.24 bits per heavy atom. The van der Waals surface area contributed by atoms with Crippen LogP contribution in [0.15, 0.2) is 29.2 Å². The number of hydrogen-bond donors (Lipinski definition) is 4. The van der Waals surface area contributed by atoms with E-state index >= 15 is 0 Å². The third-order valence-electron chi connectivity index (χ3n) is 2.16. The molecule has 0 fully saturated rings. The van der Waals surface area contributed by atoms with Gasteiger partial charge in [0, 0.05) is 15.7 Å². The van der Waals surface area contributed by atoms with Crippen LogP contribution in [0.25, 0.3) is 0 Å². The Bertz CT molecular complexity index is 495. The molecule has 0 saturated carbocycles. The molecule has 0 aromatic heterocycles. The standard InChI is InChI=1S/C8H12O6S2Si/c1-6(17(12,13)14)7-4-2-3-5-8(7)15-16(9,10)11/h2-6,12-14H,1H3,(H,9,10,11). The third kappa shape index (κ3) is 4.39. The van der Waals surface area contributed by atoms with E-state index in [4.69, 9.17) is 4.55 Å². The number of benzene rings is 1. The van der Waals surface area contributed by atoms with E-state index in [1.807, 2.05) is 0 Å². The van der Waals surface area contributed by atoms with Gasteiger partial charge in [0.1, 0.15) is 0 Å². The maximum absolute atomic E-state index is 10.8. The summed E-state index contributed by atoms with van der Waals surface area (Å²) in [5.41, 5.74) is -0.734. The first kappa shape index (κ1) is 14.6. The summed E-state index contributed by atoms with van der Waals surface area (Å²) in [6, 6.07) is 5.98. The molecule has 0 spiro atoms. The Labute approximate surface area is 103 Å². The summed E-state index contributed by atoms with van der Waals surface area (Å²) >= 11 is 0. The van der Waals surface area contributed by atoms with Crippen LogP contribution in [0, 0.1) is 0 Å². The average molecular weight is 296 g/mol. The van der Waals surface area contributed by atoms with Crippen molar-refractivity contribution in [3.8, 4) is 0 Å². The highest BCUT2D eigenvalue weighted by Crippen LogP contribution is 2.33. The van der Waals surface area contributed by atoms with Gasteiger partial charge in [-0.25, -0.2) is 0 Å². The first-order chi connectivity index (χ1) is 7.61. The molecule has 0 aliphatic rings. The Morgan fingerprint density at radius 3 is 2.24 bits per heavy atom. The van der Waals surface area contributed by atoms with E-state index in [2.05, 4.69) is 0 Å². The van der Waals surface area contributed by atoms with Crippen LogP contribution >= 0.6 is 10.8 Å². The predicted molar refractivity (Wildman–Crippen MR) is 64.7 cm³/mol. The summed E-state index contributed by atoms with van der Waals surface area (Å²) in [5.74, 6) is 0. The minimum atomic E-state index is -4.40. The van der Waals surface area contributed by atoms with E-state index in [9.17, 15) is 22.8 Å². The van der Waals surface area contributed by atoms with E-state index < -0.39 is 23.5 Å². The second-order valence-electron chi connectivity index (χ2n) is 3.46. The monoisotopic (exact) mass is 296 g/mol. The van der Waals surface area contributed by atoms with Crippen molar-refractivity contribution >= 4 is 28.7 Å². The maximum atomic E-state index is 10.8. The molecule has 1 rings (SSSR count). The van der Waals surface area contributed by atoms with Gasteiger partial charge >= 0.3 is 18.0 Å². The van der Waals surface area contributed by atoms with Crippen LogP contribution in [0.5, 0.6) is 0 Å². The molecule has 6 nitrogen and oxygen atoms in total. The molecular formula is C8H12O6S2Si. The maximum Gasteiger partial charge on any atom is 0.500 e. The molecule has 96 valence electrons. The van der Waals surface area contributed by atoms with Crippen molar-refractivity contribution < 1.29 is 27.4 Å². The summed E-state index contributed by atoms with van der Waals surface area (Å²) in [6.07, 6.45) is 0. The molecule has 1 aromatic carbocycles. The van der Waals surface area contributed by atoms with E-state index in [-0.39, 0.29) is 21.3 Å². The largest absolute Gasteiger partial charge is 0.500 e. The van der Waals surface area contributed by atoms with Gasteiger partial charge in [-0.15, -0.1) is 0 Å². The first-order valence-corrected chi connectivity index (χ1v) is 9.23. The van der Waals surface area contributed by atoms with E-state index in [0.717, 1.165) is 0 Å². The molecule has 0 amide bonds. The van der Waals surface area contributed by atoms with Gasteiger partial charge in [0.05, 0.1) is 5.54 Å². The second-order valence-corrected chi connectivity index (χ2v) is 8.92. The fourth-order valence-electron chi connectivity index (χ4n) is 1.24. The quantitative estimate of drug-likeness (QED) is 0.355. The third-order valence-corrected chi connectivity index (χ3v) is 5.57. The summed E-state index contributed by atoms with van der Waals surface area (Å²) in [5, 5.41) is 0. The Morgan fingerprint density at radius 2 is 1.76 bits per heavy atom. The highest BCUT2D eigenvalue weighted by Gasteiger charge is 2.38. The fourth-order valence-corrected chi connectivity index (χ4v) is 3.85. The first-order valence-electron chi connectivity index (χ1n) is 4.54.